The molecule has 9 heteroatoms. The number of aryl methyl sites for hydroxylation is 1. The number of carbonyl (C=O) groups is 2. The predicted octanol–water partition coefficient (Wildman–Crippen LogP) is 5.58. The van der Waals surface area contributed by atoms with Crippen LogP contribution < -0.4 is 19.7 Å². The molecule has 8 nitrogen and oxygen atoms in total. The van der Waals surface area contributed by atoms with Crippen LogP contribution in [0.2, 0.25) is 0 Å². The molecule has 0 aliphatic carbocycles. The second kappa shape index (κ2) is 11.0. The van der Waals surface area contributed by atoms with Gasteiger partial charge in [0, 0.05) is 17.2 Å². The van der Waals surface area contributed by atoms with E-state index in [1.165, 1.54) is 11.8 Å². The van der Waals surface area contributed by atoms with Gasteiger partial charge in [-0.2, -0.15) is 5.10 Å². The third kappa shape index (κ3) is 5.06. The molecule has 1 atom stereocenters. The molecule has 3 heterocycles. The lowest BCUT2D eigenvalue weighted by atomic mass is 9.99. The van der Waals surface area contributed by atoms with Crippen molar-refractivity contribution in [1.82, 2.24) is 15.1 Å². The average molecular weight is 569 g/mol. The zero-order valence-electron chi connectivity index (χ0n) is 23.5. The highest BCUT2D eigenvalue weighted by Gasteiger charge is 2.38. The lowest BCUT2D eigenvalue weighted by molar-refractivity contribution is -0.123. The van der Waals surface area contributed by atoms with Gasteiger partial charge >= 0.3 is 0 Å². The topological polar surface area (TPSA) is 85.7 Å². The van der Waals surface area contributed by atoms with Gasteiger partial charge in [-0.15, -0.1) is 11.8 Å². The van der Waals surface area contributed by atoms with Crippen LogP contribution in [0.1, 0.15) is 41.4 Å². The van der Waals surface area contributed by atoms with Crippen molar-refractivity contribution in [3.8, 4) is 28.4 Å². The number of anilines is 1. The molecule has 3 aromatic carbocycles. The SMILES string of the molecule is Cc1cccc(-n2nc(-c3ccccc3)c3c2N(CC(=O)NC(C)C)C(=O)CS[C@H]3c2ccc3c(c2)OCO3)c1C. The summed E-state index contributed by atoms with van der Waals surface area (Å²) in [6, 6.07) is 21.9. The molecule has 0 saturated heterocycles. The maximum Gasteiger partial charge on any atom is 0.240 e. The predicted molar refractivity (Wildman–Crippen MR) is 161 cm³/mol. The molecule has 0 fully saturated rings. The number of hydrogen-bond acceptors (Lipinski definition) is 6. The molecule has 2 amide bonds. The van der Waals surface area contributed by atoms with Gasteiger partial charge in [-0.1, -0.05) is 48.5 Å². The lowest BCUT2D eigenvalue weighted by Gasteiger charge is -2.24. The molecule has 0 unspecified atom stereocenters. The minimum atomic E-state index is -0.254. The number of nitrogens with zero attached hydrogens (tertiary/aromatic N) is 3. The number of carbonyl (C=O) groups excluding carboxylic acids is 2. The molecule has 6 rings (SSSR count). The van der Waals surface area contributed by atoms with Crippen molar-refractivity contribution in [2.75, 3.05) is 24.0 Å². The monoisotopic (exact) mass is 568 g/mol. The minimum absolute atomic E-state index is 0.0522. The van der Waals surface area contributed by atoms with Crippen LogP contribution in [0.5, 0.6) is 11.5 Å². The van der Waals surface area contributed by atoms with Crippen molar-refractivity contribution in [3.63, 3.8) is 0 Å². The molecule has 0 bridgehead atoms. The number of amides is 2. The van der Waals surface area contributed by atoms with Gasteiger partial charge in [0.15, 0.2) is 11.5 Å². The first kappa shape index (κ1) is 27.0. The van der Waals surface area contributed by atoms with Crippen LogP contribution in [0.4, 0.5) is 5.82 Å². The first-order valence-corrected chi connectivity index (χ1v) is 14.7. The van der Waals surface area contributed by atoms with E-state index in [-0.39, 0.29) is 42.2 Å². The molecular formula is C32H32N4O4S. The Morgan fingerprint density at radius 3 is 2.61 bits per heavy atom. The van der Waals surface area contributed by atoms with Crippen LogP contribution in [-0.2, 0) is 9.59 Å². The van der Waals surface area contributed by atoms with Gasteiger partial charge in [0.05, 0.1) is 22.4 Å². The highest BCUT2D eigenvalue weighted by atomic mass is 32.2. The van der Waals surface area contributed by atoms with Crippen molar-refractivity contribution < 1.29 is 19.1 Å². The van der Waals surface area contributed by atoms with E-state index in [2.05, 4.69) is 25.2 Å². The summed E-state index contributed by atoms with van der Waals surface area (Å²) in [6.07, 6.45) is 0. The molecule has 41 heavy (non-hydrogen) atoms. The minimum Gasteiger partial charge on any atom is -0.454 e. The van der Waals surface area contributed by atoms with Crippen molar-refractivity contribution >= 4 is 29.4 Å². The standard InChI is InChI=1S/C32H32N4O4S/c1-19(2)33-27(37)16-35-28(38)17-41-31(23-13-14-25-26(15-23)40-18-39-25)29-30(22-10-6-5-7-11-22)34-36(32(29)35)24-12-8-9-20(3)21(24)4/h5-15,19,31H,16-18H2,1-4H3,(H,33,37)/t31-/m0/s1. The molecule has 0 saturated carbocycles. The van der Waals surface area contributed by atoms with Crippen molar-refractivity contribution in [2.45, 2.75) is 39.0 Å². The summed E-state index contributed by atoms with van der Waals surface area (Å²) in [5.74, 6) is 1.81. The maximum absolute atomic E-state index is 13.9. The van der Waals surface area contributed by atoms with Gasteiger partial charge in [-0.25, -0.2) is 4.68 Å². The number of ether oxygens (including phenoxy) is 2. The molecule has 1 aromatic heterocycles. The average Bonchev–Trinajstić information content (AvgIpc) is 3.55. The normalized spacial score (nSPS) is 16.1. The van der Waals surface area contributed by atoms with E-state index in [0.29, 0.717) is 17.3 Å². The van der Waals surface area contributed by atoms with Crippen molar-refractivity contribution in [3.05, 3.63) is 89.0 Å². The van der Waals surface area contributed by atoms with Crippen LogP contribution >= 0.6 is 11.8 Å². The molecule has 0 spiro atoms. The first-order valence-electron chi connectivity index (χ1n) is 13.7. The summed E-state index contributed by atoms with van der Waals surface area (Å²) >= 11 is 1.53. The summed E-state index contributed by atoms with van der Waals surface area (Å²) in [6.45, 7) is 8.00. The third-order valence-corrected chi connectivity index (χ3v) is 8.65. The Morgan fingerprint density at radius 2 is 1.83 bits per heavy atom. The molecule has 2 aliphatic heterocycles. The summed E-state index contributed by atoms with van der Waals surface area (Å²) in [4.78, 5) is 28.6. The van der Waals surface area contributed by atoms with E-state index in [1.807, 2.05) is 79.2 Å². The van der Waals surface area contributed by atoms with Gasteiger partial charge in [-0.05, 0) is 62.6 Å². The van der Waals surface area contributed by atoms with Crippen LogP contribution in [0, 0.1) is 13.8 Å². The van der Waals surface area contributed by atoms with Crippen LogP contribution in [0.25, 0.3) is 16.9 Å². The van der Waals surface area contributed by atoms with Crippen LogP contribution in [-0.4, -0.2) is 46.7 Å². The molecule has 0 radical (unpaired) electrons. The van der Waals surface area contributed by atoms with Gasteiger partial charge in [0.1, 0.15) is 12.4 Å². The first-order chi connectivity index (χ1) is 19.8. The molecule has 210 valence electrons. The van der Waals surface area contributed by atoms with E-state index >= 15 is 0 Å². The van der Waals surface area contributed by atoms with E-state index in [9.17, 15) is 9.59 Å². The van der Waals surface area contributed by atoms with Crippen LogP contribution in [0.15, 0.2) is 66.7 Å². The zero-order chi connectivity index (χ0) is 28.7. The Bertz CT molecular complexity index is 1630. The zero-order valence-corrected chi connectivity index (χ0v) is 24.3. The van der Waals surface area contributed by atoms with Crippen molar-refractivity contribution in [2.24, 2.45) is 0 Å². The third-order valence-electron chi connectivity index (χ3n) is 7.39. The fourth-order valence-electron chi connectivity index (χ4n) is 5.31. The number of benzene rings is 3. The quantitative estimate of drug-likeness (QED) is 0.327. The Kier molecular flexibility index (Phi) is 7.21. The van der Waals surface area contributed by atoms with E-state index in [4.69, 9.17) is 14.6 Å². The fourth-order valence-corrected chi connectivity index (χ4v) is 6.50. The van der Waals surface area contributed by atoms with E-state index in [1.54, 1.807) is 4.90 Å². The van der Waals surface area contributed by atoms with Crippen molar-refractivity contribution in [1.29, 1.82) is 0 Å². The fraction of sp³-hybridized carbons (Fsp3) is 0.281. The second-order valence-corrected chi connectivity index (χ2v) is 11.7. The summed E-state index contributed by atoms with van der Waals surface area (Å²) in [7, 11) is 0. The van der Waals surface area contributed by atoms with E-state index in [0.717, 1.165) is 39.2 Å². The van der Waals surface area contributed by atoms with Gasteiger partial charge in [0.2, 0.25) is 18.6 Å². The number of fused-ring (bicyclic) bond motifs is 2. The number of nitrogens with one attached hydrogen (secondary N) is 1. The second-order valence-electron chi connectivity index (χ2n) is 10.6. The summed E-state index contributed by atoms with van der Waals surface area (Å²) in [5, 5.41) is 7.90. The number of aromatic nitrogens is 2. The number of rotatable bonds is 6. The number of thioether (sulfide) groups is 1. The largest absolute Gasteiger partial charge is 0.454 e. The number of hydrogen-bond donors (Lipinski definition) is 1. The van der Waals surface area contributed by atoms with Gasteiger partial charge in [-0.3, -0.25) is 14.5 Å². The van der Waals surface area contributed by atoms with Gasteiger partial charge in [0.25, 0.3) is 0 Å². The Labute approximate surface area is 243 Å². The lowest BCUT2D eigenvalue weighted by Crippen LogP contribution is -2.44. The molecule has 4 aromatic rings. The highest BCUT2D eigenvalue weighted by Crippen LogP contribution is 2.50. The molecule has 2 aliphatic rings. The highest BCUT2D eigenvalue weighted by molar-refractivity contribution is 8.00. The van der Waals surface area contributed by atoms with E-state index < -0.39 is 0 Å². The molecular weight excluding hydrogens is 536 g/mol. The smallest absolute Gasteiger partial charge is 0.240 e. The van der Waals surface area contributed by atoms with Gasteiger partial charge < -0.3 is 14.8 Å². The summed E-state index contributed by atoms with van der Waals surface area (Å²) in [5.41, 5.74) is 6.57. The Balaban J connectivity index is 1.64. The Morgan fingerprint density at radius 1 is 1.05 bits per heavy atom. The summed E-state index contributed by atoms with van der Waals surface area (Å²) < 4.78 is 13.1. The molecule has 1 N–H and O–H groups in total. The van der Waals surface area contributed by atoms with Crippen LogP contribution in [0.3, 0.4) is 0 Å². The maximum atomic E-state index is 13.9. The Hall–Kier alpha value is -4.24.